The third-order valence-electron chi connectivity index (χ3n) is 15.6. The molecule has 1 aliphatic carbocycles. The molecule has 0 saturated heterocycles. The summed E-state index contributed by atoms with van der Waals surface area (Å²) < 4.78 is 145. The summed E-state index contributed by atoms with van der Waals surface area (Å²) in [6.45, 7) is 28.3. The summed E-state index contributed by atoms with van der Waals surface area (Å²) in [7, 11) is 0. The van der Waals surface area contributed by atoms with Gasteiger partial charge in [0.1, 0.15) is 0 Å². The number of rotatable bonds is 6. The van der Waals surface area contributed by atoms with E-state index in [9.17, 15) is 0 Å². The number of nitrogens with zero attached hydrogens (tertiary/aromatic N) is 2. The van der Waals surface area contributed by atoms with Gasteiger partial charge >= 0.3 is 0 Å². The van der Waals surface area contributed by atoms with Crippen LogP contribution in [0.15, 0.2) is 315 Å². The third-order valence-corrected chi connectivity index (χ3v) is 15.6. The van der Waals surface area contributed by atoms with Crippen LogP contribution in [0.1, 0.15) is 126 Å². The predicted molar refractivity (Wildman–Crippen MR) is 411 cm³/mol. The van der Waals surface area contributed by atoms with Gasteiger partial charge in [-0.15, -0.1) is 0 Å². The number of aryl methyl sites for hydroxylation is 7. The average molecular weight is 1260 g/mol. The van der Waals surface area contributed by atoms with Crippen LogP contribution in [-0.4, -0.2) is 9.97 Å². The van der Waals surface area contributed by atoms with Crippen LogP contribution >= 0.6 is 0 Å². The first kappa shape index (κ1) is 49.3. The zero-order chi connectivity index (χ0) is 83.4. The number of hydrogen-bond donors (Lipinski definition) is 0. The van der Waals surface area contributed by atoms with Crippen LogP contribution in [0.3, 0.4) is 0 Å². The van der Waals surface area contributed by atoms with Crippen LogP contribution in [0.25, 0.3) is 66.8 Å². The fourth-order valence-electron chi connectivity index (χ4n) is 11.3. The Labute approximate surface area is 595 Å². The monoisotopic (exact) mass is 1260 g/mol. The van der Waals surface area contributed by atoms with Gasteiger partial charge in [0.25, 0.3) is 0 Å². The Bertz CT molecular complexity index is 5170. The molecule has 2 aromatic heterocycles. The summed E-state index contributed by atoms with van der Waals surface area (Å²) in [6.07, 6.45) is 3.05. The second-order valence-electron chi connectivity index (χ2n) is 24.9. The molecule has 0 bridgehead atoms. The van der Waals surface area contributed by atoms with Crippen molar-refractivity contribution in [3.8, 4) is 66.8 Å². The molecule has 2 heteroatoms. The quantitative estimate of drug-likeness (QED) is 0.166. The third kappa shape index (κ3) is 21.6. The maximum atomic E-state index is 8.38. The van der Waals surface area contributed by atoms with Gasteiger partial charge in [0, 0.05) is 23.3 Å². The maximum absolute atomic E-state index is 8.38. The van der Waals surface area contributed by atoms with Crippen molar-refractivity contribution in [1.29, 1.82) is 0 Å². The highest BCUT2D eigenvalue weighted by atomic mass is 14.7. The Morgan fingerprint density at radius 2 is 0.726 bits per heavy atom. The second-order valence-corrected chi connectivity index (χ2v) is 24.9. The minimum absolute atomic E-state index is 0.0303. The number of aromatic nitrogens is 2. The van der Waals surface area contributed by atoms with Crippen LogP contribution in [0, 0.1) is 69.2 Å². The van der Waals surface area contributed by atoms with E-state index in [2.05, 4.69) is 168 Å². The number of hydrogen-bond acceptors (Lipinski definition) is 2. The molecule has 0 atom stereocenters. The summed E-state index contributed by atoms with van der Waals surface area (Å²) >= 11 is 0. The molecule has 1 aliphatic rings. The maximum Gasteiger partial charge on any atom is 0.0632 e. The SMILES string of the molecule is Cc1cc(-c2ccccc2)cc(-c2ccccc2)c1.Cc1ccc2c(c1)C(C)(C)CC2(C)C.Cc1cccc(C)n1.Cc1ccccc1.Cc1ccccn1.[2H]c1c([2H])c([2H])c(-c2cc(C)cc(-c3c([2H])c([2H])c(C)c([2H])c3[2H])c2)c([2H])c1[2H].[2H]c1c([2H])c([2H])c(-c2cccc(-c3c([2H])c([2H])c([2H])c(C)c3[2H])c2C)c([2H])c1[2H]. The lowest BCUT2D eigenvalue weighted by Gasteiger charge is -2.22. The topological polar surface area (TPSA) is 25.8 Å². The van der Waals surface area contributed by atoms with E-state index in [0.717, 1.165) is 17.1 Å². The molecular weight excluding hydrogens is 1150 g/mol. The van der Waals surface area contributed by atoms with E-state index in [4.69, 9.17) is 24.7 Å². The molecule has 0 spiro atoms. The molecular formula is C93H96N2. The smallest absolute Gasteiger partial charge is 0.0632 e. The van der Waals surface area contributed by atoms with Gasteiger partial charge in [0.05, 0.1) is 24.7 Å². The first-order chi connectivity index (χ1) is 53.2. The Hall–Kier alpha value is -10.3. The summed E-state index contributed by atoms with van der Waals surface area (Å²) in [4.78, 5) is 8.15. The van der Waals surface area contributed by atoms with Gasteiger partial charge in [-0.1, -0.05) is 323 Å². The highest BCUT2D eigenvalue weighted by molar-refractivity contribution is 5.79. The number of benzene rings is 11. The molecule has 13 aromatic rings. The molecule has 14 rings (SSSR count). The molecule has 2 nitrogen and oxygen atoms in total. The van der Waals surface area contributed by atoms with Crippen LogP contribution in [0.5, 0.6) is 0 Å². The van der Waals surface area contributed by atoms with Gasteiger partial charge in [-0.3, -0.25) is 9.97 Å². The van der Waals surface area contributed by atoms with Gasteiger partial charge < -0.3 is 0 Å². The van der Waals surface area contributed by atoms with Gasteiger partial charge in [0.15, 0.2) is 0 Å². The fourth-order valence-corrected chi connectivity index (χ4v) is 11.3. The van der Waals surface area contributed by atoms with Gasteiger partial charge in [-0.2, -0.15) is 0 Å². The fraction of sp³-hybridized carbons (Fsp3) is 0.183. The van der Waals surface area contributed by atoms with Crippen LogP contribution < -0.4 is 0 Å². The van der Waals surface area contributed by atoms with Crippen LogP contribution in [-0.2, 0) is 10.8 Å². The molecule has 0 amide bonds. The minimum Gasteiger partial charge on any atom is -0.262 e. The molecule has 0 radical (unpaired) electrons. The zero-order valence-corrected chi connectivity index (χ0v) is 57.2. The molecule has 2 heterocycles. The molecule has 0 fully saturated rings. The molecule has 478 valence electrons. The summed E-state index contributed by atoms with van der Waals surface area (Å²) in [5, 5.41) is 0. The van der Waals surface area contributed by atoms with Gasteiger partial charge in [-0.05, 0) is 217 Å². The van der Waals surface area contributed by atoms with E-state index in [0.29, 0.717) is 44.2 Å². The Balaban J connectivity index is 0.000000176. The highest BCUT2D eigenvalue weighted by Gasteiger charge is 2.41. The van der Waals surface area contributed by atoms with E-state index >= 15 is 0 Å². The summed E-state index contributed by atoms with van der Waals surface area (Å²) in [6, 6.07) is 61.3. The summed E-state index contributed by atoms with van der Waals surface area (Å²) in [5.41, 5.74) is 19.9. The van der Waals surface area contributed by atoms with Crippen molar-refractivity contribution in [3.05, 3.63) is 382 Å². The second kappa shape index (κ2) is 34.6. The molecule has 0 unspecified atom stereocenters. The molecule has 0 N–H and O–H groups in total. The van der Waals surface area contributed by atoms with Crippen LogP contribution in [0.2, 0.25) is 0 Å². The van der Waals surface area contributed by atoms with E-state index < -0.39 is 36.3 Å². The van der Waals surface area contributed by atoms with E-state index in [1.807, 2.05) is 75.4 Å². The zero-order valence-electron chi connectivity index (χ0n) is 75.2. The summed E-state index contributed by atoms with van der Waals surface area (Å²) in [5.74, 6) is 0. The largest absolute Gasteiger partial charge is 0.262 e. The van der Waals surface area contributed by atoms with Crippen molar-refractivity contribution in [1.82, 2.24) is 9.97 Å². The van der Waals surface area contributed by atoms with E-state index in [1.54, 1.807) is 74.5 Å². The van der Waals surface area contributed by atoms with Crippen molar-refractivity contribution < 1.29 is 24.7 Å². The molecule has 0 saturated carbocycles. The lowest BCUT2D eigenvalue weighted by molar-refractivity contribution is 0.403. The Morgan fingerprint density at radius 1 is 0.284 bits per heavy atom. The van der Waals surface area contributed by atoms with Gasteiger partial charge in [-0.25, -0.2) is 0 Å². The van der Waals surface area contributed by atoms with Crippen molar-refractivity contribution in [3.63, 3.8) is 0 Å². The average Bonchev–Trinajstić information content (AvgIpc) is 1.14. The van der Waals surface area contributed by atoms with Crippen molar-refractivity contribution >= 4 is 0 Å². The van der Waals surface area contributed by atoms with Crippen molar-refractivity contribution in [2.24, 2.45) is 0 Å². The first-order valence-electron chi connectivity index (χ1n) is 40.8. The molecule has 0 aliphatic heterocycles. The Morgan fingerprint density at radius 3 is 1.19 bits per heavy atom. The van der Waals surface area contributed by atoms with Crippen molar-refractivity contribution in [2.75, 3.05) is 0 Å². The van der Waals surface area contributed by atoms with E-state index in [1.165, 1.54) is 52.3 Å². The lowest BCUT2D eigenvalue weighted by Crippen LogP contribution is -2.17. The normalized spacial score (nSPS) is 14.5. The lowest BCUT2D eigenvalue weighted by atomic mass is 9.82. The molecule has 95 heavy (non-hydrogen) atoms. The van der Waals surface area contributed by atoms with Gasteiger partial charge in [0.2, 0.25) is 0 Å². The first-order valence-corrected chi connectivity index (χ1v) is 31.8. The number of fused-ring (bicyclic) bond motifs is 1. The Kier molecular flexibility index (Phi) is 18.0. The standard InChI is InChI=1S/2C20H18.C19H16.C14H20.C7H9N.C7H8.C6H7N/c1-15-8-6-11-18(14-15)20-13-7-12-19(16(20)2)17-9-4-3-5-10-17;1-15-8-10-18(11-9-15)20-13-16(2)12-19(14-20)17-6-4-3-5-7-17;1-15-12-18(16-8-4-2-5-9-16)14-19(13-15)17-10-6-3-7-11-17;1-10-6-7-11-12(8-10)14(4,5)9-13(11,2)3;1-6-4-3-5-7(2)8-6;1-7-5-3-2-4-6-7;1-6-4-2-3-5-7-6/h2*3-14H,1-2H3;2-14H,1H3;6-8H,9H2,1-5H3;3-5H,1-2H3;2-6H,1H3;2-5H,1H3/i3D,4D,5D,6D,8D,9D,10D,11D,14D;3D,4D,5D,6D,7D,8D,9D,10D,11D;;;;;. The van der Waals surface area contributed by atoms with E-state index in [-0.39, 0.29) is 106 Å². The highest BCUT2D eigenvalue weighted by Crippen LogP contribution is 2.49. The molecule has 11 aromatic carbocycles. The van der Waals surface area contributed by atoms with Crippen molar-refractivity contribution in [2.45, 2.75) is 114 Å². The van der Waals surface area contributed by atoms with Crippen LogP contribution in [0.4, 0.5) is 0 Å². The minimum atomic E-state index is -0.477. The predicted octanol–water partition coefficient (Wildman–Crippen LogP) is 25.6. The number of pyridine rings is 2.